The Bertz CT molecular complexity index is 185. The van der Waals surface area contributed by atoms with E-state index in [0.717, 1.165) is 24.4 Å². The lowest BCUT2D eigenvalue weighted by molar-refractivity contribution is 0.199. The maximum absolute atomic E-state index is 3.72. The van der Waals surface area contributed by atoms with Crippen molar-refractivity contribution in [3.63, 3.8) is 0 Å². The van der Waals surface area contributed by atoms with Gasteiger partial charge < -0.3 is 10.2 Å². The Kier molecular flexibility index (Phi) is 7.14. The minimum atomic E-state index is 0.723. The lowest BCUT2D eigenvalue weighted by atomic mass is 9.97. The number of hydrogen-bond acceptors (Lipinski definition) is 2. The predicted molar refractivity (Wildman–Crippen MR) is 76.4 cm³/mol. The second-order valence-corrected chi connectivity index (χ2v) is 5.95. The fourth-order valence-electron chi connectivity index (χ4n) is 3.13. The molecule has 0 spiro atoms. The number of nitrogens with zero attached hydrogens (tertiary/aromatic N) is 1. The topological polar surface area (TPSA) is 15.3 Å². The molecule has 1 aliphatic carbocycles. The number of hydrogen-bond donors (Lipinski definition) is 1. The molecule has 1 unspecified atom stereocenters. The molecular weight excluding hydrogens is 208 g/mol. The minimum absolute atomic E-state index is 0.723. The summed E-state index contributed by atoms with van der Waals surface area (Å²) in [7, 11) is 0. The van der Waals surface area contributed by atoms with Crippen molar-refractivity contribution in [2.75, 3.05) is 26.2 Å². The van der Waals surface area contributed by atoms with Crippen LogP contribution in [0, 0.1) is 11.8 Å². The van der Waals surface area contributed by atoms with Gasteiger partial charge in [-0.15, -0.1) is 0 Å². The molecule has 0 bridgehead atoms. The van der Waals surface area contributed by atoms with Crippen molar-refractivity contribution in [3.05, 3.63) is 0 Å². The van der Waals surface area contributed by atoms with Gasteiger partial charge in [0.1, 0.15) is 0 Å². The summed E-state index contributed by atoms with van der Waals surface area (Å²) in [4.78, 5) is 2.62. The average Bonchev–Trinajstić information content (AvgIpc) is 2.80. The van der Waals surface area contributed by atoms with Crippen LogP contribution in [0.1, 0.15) is 53.4 Å². The van der Waals surface area contributed by atoms with Crippen LogP contribution in [-0.2, 0) is 0 Å². The molecule has 0 saturated heterocycles. The third-order valence-corrected chi connectivity index (χ3v) is 3.96. The van der Waals surface area contributed by atoms with Crippen molar-refractivity contribution in [1.29, 1.82) is 0 Å². The van der Waals surface area contributed by atoms with Crippen LogP contribution in [0.5, 0.6) is 0 Å². The van der Waals surface area contributed by atoms with Gasteiger partial charge >= 0.3 is 0 Å². The van der Waals surface area contributed by atoms with E-state index in [1.54, 1.807) is 0 Å². The summed E-state index contributed by atoms with van der Waals surface area (Å²) in [5, 5.41) is 3.72. The van der Waals surface area contributed by atoms with Crippen molar-refractivity contribution in [1.82, 2.24) is 10.2 Å². The molecule has 0 radical (unpaired) electrons. The highest BCUT2D eigenvalue weighted by molar-refractivity contribution is 4.83. The molecule has 2 nitrogen and oxygen atoms in total. The molecule has 102 valence electrons. The molecule has 0 heterocycles. The van der Waals surface area contributed by atoms with Gasteiger partial charge in [-0.25, -0.2) is 0 Å². The standard InChI is InChI=1S/C15H32N2/c1-5-16-15(14-9-7-8-10-14)12-17(6-2)11-13(3)4/h13-16H,5-12H2,1-4H3. The molecule has 1 atom stereocenters. The van der Waals surface area contributed by atoms with E-state index >= 15 is 0 Å². The molecule has 0 aliphatic heterocycles. The molecule has 0 aromatic rings. The van der Waals surface area contributed by atoms with Crippen molar-refractivity contribution in [3.8, 4) is 0 Å². The van der Waals surface area contributed by atoms with Gasteiger partial charge in [-0.1, -0.05) is 40.5 Å². The summed E-state index contributed by atoms with van der Waals surface area (Å²) in [6.45, 7) is 14.0. The van der Waals surface area contributed by atoms with E-state index in [2.05, 4.69) is 37.9 Å². The van der Waals surface area contributed by atoms with E-state index in [4.69, 9.17) is 0 Å². The van der Waals surface area contributed by atoms with Crippen LogP contribution in [0.25, 0.3) is 0 Å². The Morgan fingerprint density at radius 3 is 2.24 bits per heavy atom. The van der Waals surface area contributed by atoms with Gasteiger partial charge in [-0.3, -0.25) is 0 Å². The predicted octanol–water partition coefficient (Wildman–Crippen LogP) is 3.13. The lowest BCUT2D eigenvalue weighted by Crippen LogP contribution is -2.45. The Labute approximate surface area is 108 Å². The van der Waals surface area contributed by atoms with Gasteiger partial charge in [0, 0.05) is 19.1 Å². The molecule has 0 amide bonds. The average molecular weight is 240 g/mol. The molecule has 0 aromatic heterocycles. The fourth-order valence-corrected chi connectivity index (χ4v) is 3.13. The molecule has 2 heteroatoms. The van der Waals surface area contributed by atoms with E-state index in [0.29, 0.717) is 0 Å². The second kappa shape index (κ2) is 8.10. The first-order chi connectivity index (χ1) is 8.17. The maximum Gasteiger partial charge on any atom is 0.0223 e. The third kappa shape index (κ3) is 5.39. The van der Waals surface area contributed by atoms with E-state index in [1.807, 2.05) is 0 Å². The van der Waals surface area contributed by atoms with Crippen LogP contribution >= 0.6 is 0 Å². The number of likely N-dealkylation sites (N-methyl/N-ethyl adjacent to an activating group) is 2. The van der Waals surface area contributed by atoms with Crippen molar-refractivity contribution >= 4 is 0 Å². The molecule has 1 aliphatic rings. The first-order valence-corrected chi connectivity index (χ1v) is 7.63. The highest BCUT2D eigenvalue weighted by Gasteiger charge is 2.25. The molecule has 1 rings (SSSR count). The quantitative estimate of drug-likeness (QED) is 0.701. The largest absolute Gasteiger partial charge is 0.313 e. The smallest absolute Gasteiger partial charge is 0.0223 e. The highest BCUT2D eigenvalue weighted by Crippen LogP contribution is 2.28. The normalized spacial score (nSPS) is 19.4. The number of nitrogens with one attached hydrogen (secondary N) is 1. The lowest BCUT2D eigenvalue weighted by Gasteiger charge is -2.31. The van der Waals surface area contributed by atoms with Gasteiger partial charge in [0.2, 0.25) is 0 Å². The zero-order valence-corrected chi connectivity index (χ0v) is 12.3. The fraction of sp³-hybridized carbons (Fsp3) is 1.00. The van der Waals surface area contributed by atoms with Gasteiger partial charge in [0.05, 0.1) is 0 Å². The summed E-state index contributed by atoms with van der Waals surface area (Å²) in [5.41, 5.74) is 0. The van der Waals surface area contributed by atoms with Crippen LogP contribution in [-0.4, -0.2) is 37.1 Å². The van der Waals surface area contributed by atoms with E-state index in [9.17, 15) is 0 Å². The summed E-state index contributed by atoms with van der Waals surface area (Å²) in [6, 6.07) is 0.723. The third-order valence-electron chi connectivity index (χ3n) is 3.96. The van der Waals surface area contributed by atoms with Crippen LogP contribution in [0.15, 0.2) is 0 Å². The van der Waals surface area contributed by atoms with Crippen LogP contribution in [0.2, 0.25) is 0 Å². The first kappa shape index (κ1) is 15.0. The first-order valence-electron chi connectivity index (χ1n) is 7.63. The van der Waals surface area contributed by atoms with Crippen molar-refractivity contribution in [2.24, 2.45) is 11.8 Å². The Hall–Kier alpha value is -0.0800. The Balaban J connectivity index is 2.45. The molecule has 0 aromatic carbocycles. The van der Waals surface area contributed by atoms with Crippen molar-refractivity contribution in [2.45, 2.75) is 59.4 Å². The van der Waals surface area contributed by atoms with E-state index in [1.165, 1.54) is 45.3 Å². The maximum atomic E-state index is 3.72. The second-order valence-electron chi connectivity index (χ2n) is 5.95. The van der Waals surface area contributed by atoms with Gasteiger partial charge in [0.25, 0.3) is 0 Å². The molecule has 1 saturated carbocycles. The summed E-state index contributed by atoms with van der Waals surface area (Å²) in [5.74, 6) is 1.71. The van der Waals surface area contributed by atoms with Crippen LogP contribution in [0.4, 0.5) is 0 Å². The van der Waals surface area contributed by atoms with Gasteiger partial charge in [0.15, 0.2) is 0 Å². The zero-order valence-electron chi connectivity index (χ0n) is 12.3. The zero-order chi connectivity index (χ0) is 12.7. The molecular formula is C15H32N2. The molecule has 1 N–H and O–H groups in total. The highest BCUT2D eigenvalue weighted by atomic mass is 15.1. The van der Waals surface area contributed by atoms with E-state index < -0.39 is 0 Å². The summed E-state index contributed by atoms with van der Waals surface area (Å²) in [6.07, 6.45) is 5.78. The van der Waals surface area contributed by atoms with Gasteiger partial charge in [-0.2, -0.15) is 0 Å². The summed E-state index contributed by atoms with van der Waals surface area (Å²) < 4.78 is 0. The monoisotopic (exact) mass is 240 g/mol. The van der Waals surface area contributed by atoms with E-state index in [-0.39, 0.29) is 0 Å². The minimum Gasteiger partial charge on any atom is -0.313 e. The van der Waals surface area contributed by atoms with Crippen LogP contribution in [0.3, 0.4) is 0 Å². The van der Waals surface area contributed by atoms with Crippen molar-refractivity contribution < 1.29 is 0 Å². The van der Waals surface area contributed by atoms with Gasteiger partial charge in [-0.05, 0) is 37.8 Å². The van der Waals surface area contributed by atoms with Crippen LogP contribution < -0.4 is 5.32 Å². The Morgan fingerprint density at radius 1 is 1.12 bits per heavy atom. The summed E-state index contributed by atoms with van der Waals surface area (Å²) >= 11 is 0. The SMILES string of the molecule is CCNC(CN(CC)CC(C)C)C1CCCC1. The molecule has 1 fully saturated rings. The Morgan fingerprint density at radius 2 is 1.76 bits per heavy atom. The molecule has 17 heavy (non-hydrogen) atoms. The number of rotatable bonds is 8.